The van der Waals surface area contributed by atoms with E-state index >= 15 is 0 Å². The lowest BCUT2D eigenvalue weighted by atomic mass is 9.77. The Morgan fingerprint density at radius 1 is 1.06 bits per heavy atom. The van der Waals surface area contributed by atoms with E-state index in [4.69, 9.17) is 18.9 Å². The quantitative estimate of drug-likeness (QED) is 0.197. The van der Waals surface area contributed by atoms with Crippen LogP contribution in [0.1, 0.15) is 5.56 Å². The molecule has 2 aliphatic rings. The molecular formula is C20H30O12. The van der Waals surface area contributed by atoms with Crippen LogP contribution in [0.15, 0.2) is 24.3 Å². The number of methoxy groups -OCH3 is 1. The summed E-state index contributed by atoms with van der Waals surface area (Å²) in [4.78, 5) is 0. The lowest BCUT2D eigenvalue weighted by Gasteiger charge is -2.52. The molecule has 3 rings (SSSR count). The summed E-state index contributed by atoms with van der Waals surface area (Å²) in [6, 6.07) is 6.65. The van der Waals surface area contributed by atoms with Crippen molar-refractivity contribution in [1.82, 2.24) is 0 Å². The first-order valence-electron chi connectivity index (χ1n) is 10.1. The Morgan fingerprint density at radius 2 is 1.72 bits per heavy atom. The van der Waals surface area contributed by atoms with Crippen LogP contribution in [0.3, 0.4) is 0 Å². The SMILES string of the molecule is COc1ccc(CO[C@H]2O[C@H](CO)[C@@H](O)[C@H](O)[C@]2(O)C(O)[C@H]2OC[C@H](O)[C@@H](O)[C@@H]2O)cc1. The van der Waals surface area contributed by atoms with Crippen molar-refractivity contribution >= 4 is 0 Å². The van der Waals surface area contributed by atoms with Gasteiger partial charge in [0.2, 0.25) is 0 Å². The molecule has 10 atom stereocenters. The molecule has 2 heterocycles. The van der Waals surface area contributed by atoms with Crippen LogP contribution in [0.2, 0.25) is 0 Å². The van der Waals surface area contributed by atoms with Crippen molar-refractivity contribution in [1.29, 1.82) is 0 Å². The van der Waals surface area contributed by atoms with Crippen molar-refractivity contribution in [2.75, 3.05) is 20.3 Å². The predicted molar refractivity (Wildman–Crippen MR) is 104 cm³/mol. The van der Waals surface area contributed by atoms with E-state index in [0.717, 1.165) is 0 Å². The molecule has 2 aliphatic heterocycles. The Balaban J connectivity index is 1.85. The lowest BCUT2D eigenvalue weighted by molar-refractivity contribution is -0.375. The van der Waals surface area contributed by atoms with Gasteiger partial charge in [-0.25, -0.2) is 0 Å². The summed E-state index contributed by atoms with van der Waals surface area (Å²) in [7, 11) is 1.50. The highest BCUT2D eigenvalue weighted by Gasteiger charge is 2.62. The molecule has 32 heavy (non-hydrogen) atoms. The van der Waals surface area contributed by atoms with Crippen LogP contribution in [-0.2, 0) is 20.8 Å². The fraction of sp³-hybridized carbons (Fsp3) is 0.700. The molecular weight excluding hydrogens is 432 g/mol. The van der Waals surface area contributed by atoms with Crippen LogP contribution < -0.4 is 4.74 Å². The maximum absolute atomic E-state index is 11.3. The molecule has 0 bridgehead atoms. The minimum absolute atomic E-state index is 0.167. The molecule has 2 fully saturated rings. The molecule has 0 spiro atoms. The predicted octanol–water partition coefficient (Wildman–Crippen LogP) is -3.78. The normalized spacial score (nSPS) is 41.3. The molecule has 0 amide bonds. The Hall–Kier alpha value is -1.42. The van der Waals surface area contributed by atoms with Gasteiger partial charge < -0.3 is 59.8 Å². The molecule has 1 aromatic rings. The fourth-order valence-corrected chi connectivity index (χ4v) is 3.87. The van der Waals surface area contributed by atoms with Crippen molar-refractivity contribution in [3.63, 3.8) is 0 Å². The summed E-state index contributed by atoms with van der Waals surface area (Å²) in [5.74, 6) is 0.595. The number of hydrogen-bond acceptors (Lipinski definition) is 12. The number of aliphatic hydroxyl groups is 8. The number of benzene rings is 1. The molecule has 1 aromatic carbocycles. The third kappa shape index (κ3) is 4.62. The first kappa shape index (κ1) is 25.2. The Morgan fingerprint density at radius 3 is 2.31 bits per heavy atom. The van der Waals surface area contributed by atoms with Crippen molar-refractivity contribution in [2.45, 2.75) is 67.3 Å². The topological polar surface area (TPSA) is 199 Å². The second-order valence-corrected chi connectivity index (χ2v) is 7.96. The second-order valence-electron chi connectivity index (χ2n) is 7.96. The average molecular weight is 462 g/mol. The Bertz CT molecular complexity index is 732. The zero-order valence-corrected chi connectivity index (χ0v) is 17.3. The minimum Gasteiger partial charge on any atom is -0.497 e. The van der Waals surface area contributed by atoms with E-state index in [1.54, 1.807) is 24.3 Å². The molecule has 12 heteroatoms. The molecule has 1 unspecified atom stereocenters. The first-order valence-corrected chi connectivity index (χ1v) is 10.1. The highest BCUT2D eigenvalue weighted by Crippen LogP contribution is 2.37. The van der Waals surface area contributed by atoms with Gasteiger partial charge in [-0.1, -0.05) is 12.1 Å². The number of rotatable bonds is 7. The van der Waals surface area contributed by atoms with Crippen LogP contribution in [-0.4, -0.2) is 122 Å². The summed E-state index contributed by atoms with van der Waals surface area (Å²) >= 11 is 0. The maximum Gasteiger partial charge on any atom is 0.192 e. The van der Waals surface area contributed by atoms with E-state index in [0.29, 0.717) is 11.3 Å². The zero-order chi connectivity index (χ0) is 23.6. The lowest BCUT2D eigenvalue weighted by Crippen LogP contribution is -2.75. The van der Waals surface area contributed by atoms with Crippen molar-refractivity contribution < 1.29 is 59.8 Å². The molecule has 0 saturated carbocycles. The van der Waals surface area contributed by atoms with Crippen LogP contribution in [0, 0.1) is 0 Å². The summed E-state index contributed by atoms with van der Waals surface area (Å²) in [6.07, 6.45) is -15.8. The third-order valence-corrected chi connectivity index (χ3v) is 5.92. The van der Waals surface area contributed by atoms with Crippen molar-refractivity contribution in [3.05, 3.63) is 29.8 Å². The first-order chi connectivity index (χ1) is 15.1. The van der Waals surface area contributed by atoms with Gasteiger partial charge in [0.15, 0.2) is 11.9 Å². The summed E-state index contributed by atoms with van der Waals surface area (Å²) in [5, 5.41) is 82.3. The molecule has 0 radical (unpaired) electrons. The van der Waals surface area contributed by atoms with Gasteiger partial charge in [-0.05, 0) is 17.7 Å². The third-order valence-electron chi connectivity index (χ3n) is 5.92. The van der Waals surface area contributed by atoms with E-state index in [2.05, 4.69) is 0 Å². The highest BCUT2D eigenvalue weighted by atomic mass is 16.7. The monoisotopic (exact) mass is 462 g/mol. The van der Waals surface area contributed by atoms with Gasteiger partial charge >= 0.3 is 0 Å². The van der Waals surface area contributed by atoms with E-state index in [1.165, 1.54) is 7.11 Å². The largest absolute Gasteiger partial charge is 0.497 e. The minimum atomic E-state index is -2.74. The van der Waals surface area contributed by atoms with E-state index < -0.39 is 73.9 Å². The molecule has 12 nitrogen and oxygen atoms in total. The zero-order valence-electron chi connectivity index (χ0n) is 17.3. The van der Waals surface area contributed by atoms with Gasteiger partial charge in [0.05, 0.1) is 26.9 Å². The maximum atomic E-state index is 11.3. The van der Waals surface area contributed by atoms with Gasteiger partial charge in [0, 0.05) is 0 Å². The number of hydrogen-bond donors (Lipinski definition) is 8. The second kappa shape index (κ2) is 10.2. The van der Waals surface area contributed by atoms with Crippen LogP contribution >= 0.6 is 0 Å². The van der Waals surface area contributed by atoms with Gasteiger partial charge in [0.25, 0.3) is 0 Å². The van der Waals surface area contributed by atoms with Gasteiger partial charge in [-0.15, -0.1) is 0 Å². The number of aliphatic hydroxyl groups excluding tert-OH is 7. The Labute approximate surface area is 183 Å². The Kier molecular flexibility index (Phi) is 8.06. The average Bonchev–Trinajstić information content (AvgIpc) is 2.80. The van der Waals surface area contributed by atoms with Gasteiger partial charge in [0.1, 0.15) is 54.6 Å². The molecule has 8 N–H and O–H groups in total. The van der Waals surface area contributed by atoms with E-state index in [9.17, 15) is 40.9 Å². The van der Waals surface area contributed by atoms with E-state index in [1.807, 2.05) is 0 Å². The molecule has 2 saturated heterocycles. The van der Waals surface area contributed by atoms with Crippen molar-refractivity contribution in [3.8, 4) is 5.75 Å². The molecule has 182 valence electrons. The standard InChI is InChI=1S/C20H30O12/c1-29-10-4-2-9(3-5-10)7-31-19-20(28,17(26)14(24)12(6-21)32-19)18(27)16-15(25)13(23)11(22)8-30-16/h2-5,11-19,21-28H,6-8H2,1H3/t11-,12+,13+,14+,15-,16-,17-,18?,19-,20-/m0/s1. The van der Waals surface area contributed by atoms with Crippen LogP contribution in [0.25, 0.3) is 0 Å². The smallest absolute Gasteiger partial charge is 0.192 e. The van der Waals surface area contributed by atoms with E-state index in [-0.39, 0.29) is 6.61 Å². The van der Waals surface area contributed by atoms with Gasteiger partial charge in [-0.3, -0.25) is 0 Å². The van der Waals surface area contributed by atoms with Crippen LogP contribution in [0.4, 0.5) is 0 Å². The molecule has 0 aromatic heterocycles. The summed E-state index contributed by atoms with van der Waals surface area (Å²) < 4.78 is 21.3. The van der Waals surface area contributed by atoms with Gasteiger partial charge in [-0.2, -0.15) is 0 Å². The van der Waals surface area contributed by atoms with Crippen molar-refractivity contribution in [2.24, 2.45) is 0 Å². The van der Waals surface area contributed by atoms with Crippen LogP contribution in [0.5, 0.6) is 5.75 Å². The highest BCUT2D eigenvalue weighted by molar-refractivity contribution is 5.26. The number of ether oxygens (including phenoxy) is 4. The molecule has 0 aliphatic carbocycles. The summed E-state index contributed by atoms with van der Waals surface area (Å²) in [6.45, 7) is -1.35. The fourth-order valence-electron chi connectivity index (χ4n) is 3.87. The summed E-state index contributed by atoms with van der Waals surface area (Å²) in [5.41, 5.74) is -2.13.